The van der Waals surface area contributed by atoms with Crippen molar-refractivity contribution in [2.24, 2.45) is 0 Å². The summed E-state index contributed by atoms with van der Waals surface area (Å²) in [4.78, 5) is 2.59. The van der Waals surface area contributed by atoms with Gasteiger partial charge in [-0.2, -0.15) is 11.3 Å². The molecule has 0 saturated heterocycles. The summed E-state index contributed by atoms with van der Waals surface area (Å²) in [5, 5.41) is 17.1. The lowest BCUT2D eigenvalue weighted by molar-refractivity contribution is -0.902. The first-order valence-electron chi connectivity index (χ1n) is 8.48. The molecule has 2 nitrogen and oxygen atoms in total. The highest BCUT2D eigenvalue weighted by Crippen LogP contribution is 2.28. The van der Waals surface area contributed by atoms with Crippen LogP contribution in [0.2, 0.25) is 0 Å². The third kappa shape index (κ3) is 5.06. The zero-order valence-electron chi connectivity index (χ0n) is 14.9. The van der Waals surface area contributed by atoms with Crippen molar-refractivity contribution < 1.29 is 22.4 Å². The molecule has 0 amide bonds. The highest BCUT2D eigenvalue weighted by Gasteiger charge is 2.23. The number of aliphatic hydroxyl groups excluding tert-OH is 1. The number of hydrogen-bond donors (Lipinski definition) is 2. The fraction of sp³-hybridized carbons (Fsp3) is 0.238. The molecule has 0 fully saturated rings. The van der Waals surface area contributed by atoms with Crippen LogP contribution in [0.25, 0.3) is 5.57 Å². The van der Waals surface area contributed by atoms with Crippen molar-refractivity contribution in [1.29, 1.82) is 0 Å². The molecule has 0 aliphatic rings. The molecule has 0 aliphatic heterocycles. The van der Waals surface area contributed by atoms with Gasteiger partial charge in [-0.1, -0.05) is 36.4 Å². The summed E-state index contributed by atoms with van der Waals surface area (Å²) in [7, 11) is 2.15. The van der Waals surface area contributed by atoms with E-state index in [1.165, 1.54) is 20.9 Å². The van der Waals surface area contributed by atoms with Crippen molar-refractivity contribution in [3.63, 3.8) is 0 Å². The highest BCUT2D eigenvalue weighted by atomic mass is 35.5. The minimum atomic E-state index is -0.457. The number of aliphatic hydroxyl groups is 1. The minimum absolute atomic E-state index is 0. The molecule has 0 spiro atoms. The van der Waals surface area contributed by atoms with Gasteiger partial charge < -0.3 is 22.4 Å². The summed E-state index contributed by atoms with van der Waals surface area (Å²) in [5.74, 6) is 0. The molecule has 0 bridgehead atoms. The highest BCUT2D eigenvalue weighted by molar-refractivity contribution is 7.11. The molecule has 0 radical (unpaired) electrons. The molecule has 138 valence electrons. The quantitative estimate of drug-likeness (QED) is 0.599. The first kappa shape index (κ1) is 20.9. The fourth-order valence-electron chi connectivity index (χ4n) is 2.87. The molecule has 2 aromatic heterocycles. The van der Waals surface area contributed by atoms with Gasteiger partial charge in [-0.05, 0) is 52.4 Å². The average molecular weight is 406 g/mol. The molecule has 0 saturated carbocycles. The van der Waals surface area contributed by atoms with Crippen molar-refractivity contribution >= 4 is 28.2 Å². The maximum absolute atomic E-state index is 10.7. The maximum atomic E-state index is 10.7. The van der Waals surface area contributed by atoms with E-state index >= 15 is 0 Å². The zero-order chi connectivity index (χ0) is 17.6. The van der Waals surface area contributed by atoms with Crippen LogP contribution in [-0.4, -0.2) is 24.7 Å². The molecule has 3 atom stereocenters. The van der Waals surface area contributed by atoms with Crippen LogP contribution >= 0.6 is 22.7 Å². The Hall–Kier alpha value is -1.43. The normalized spacial score (nSPS) is 15.1. The topological polar surface area (TPSA) is 24.7 Å². The van der Waals surface area contributed by atoms with E-state index in [9.17, 15) is 5.11 Å². The second-order valence-electron chi connectivity index (χ2n) is 6.30. The zero-order valence-corrected chi connectivity index (χ0v) is 17.3. The molecule has 26 heavy (non-hydrogen) atoms. The Morgan fingerprint density at radius 3 is 2.50 bits per heavy atom. The van der Waals surface area contributed by atoms with E-state index in [4.69, 9.17) is 0 Å². The largest absolute Gasteiger partial charge is 1.00 e. The first-order chi connectivity index (χ1) is 12.2. The molecule has 5 heteroatoms. The van der Waals surface area contributed by atoms with E-state index in [0.717, 1.165) is 12.1 Å². The number of rotatable bonds is 7. The van der Waals surface area contributed by atoms with Gasteiger partial charge in [-0.15, -0.1) is 11.3 Å². The smallest absolute Gasteiger partial charge is 0.130 e. The Kier molecular flexibility index (Phi) is 8.07. The Balaban J connectivity index is 0.00000243. The summed E-state index contributed by atoms with van der Waals surface area (Å²) in [6.07, 6.45) is 1.85. The molecular weight excluding hydrogens is 382 g/mol. The van der Waals surface area contributed by atoms with Crippen LogP contribution in [0.3, 0.4) is 0 Å². The van der Waals surface area contributed by atoms with Crippen LogP contribution in [0.15, 0.2) is 70.7 Å². The van der Waals surface area contributed by atoms with Gasteiger partial charge in [0.2, 0.25) is 0 Å². The summed E-state index contributed by atoms with van der Waals surface area (Å²) < 4.78 is 0. The summed E-state index contributed by atoms with van der Waals surface area (Å²) in [6.45, 7) is 2.98. The van der Waals surface area contributed by atoms with Crippen molar-refractivity contribution in [3.8, 4) is 0 Å². The molecular formula is C21H24ClNOS2. The van der Waals surface area contributed by atoms with E-state index in [-0.39, 0.29) is 18.4 Å². The van der Waals surface area contributed by atoms with Crippen LogP contribution in [0.4, 0.5) is 0 Å². The first-order valence-corrected chi connectivity index (χ1v) is 10.3. The fourth-order valence-corrected chi connectivity index (χ4v) is 4.31. The predicted octanol–water partition coefficient (Wildman–Crippen LogP) is 0.882. The molecule has 0 aliphatic carbocycles. The van der Waals surface area contributed by atoms with Crippen molar-refractivity contribution in [2.75, 3.05) is 13.6 Å². The maximum Gasteiger partial charge on any atom is 0.130 e. The number of quaternary nitrogens is 1. The Labute approximate surface area is 169 Å². The van der Waals surface area contributed by atoms with Crippen LogP contribution in [0.1, 0.15) is 29.0 Å². The summed E-state index contributed by atoms with van der Waals surface area (Å²) in [5.41, 5.74) is 3.54. The van der Waals surface area contributed by atoms with Gasteiger partial charge in [-0.3, -0.25) is 0 Å². The SMILES string of the molecule is CC(C(O)c1ccccc1)[NH+](C)C/C=C(/c1ccsc1)c1cccs1.[Cl-]. The molecule has 3 unspecified atom stereocenters. The van der Waals surface area contributed by atoms with Crippen LogP contribution in [0, 0.1) is 0 Å². The third-order valence-corrected chi connectivity index (χ3v) is 6.23. The predicted molar refractivity (Wildman–Crippen MR) is 108 cm³/mol. The average Bonchev–Trinajstić information content (AvgIpc) is 3.35. The molecule has 2 N–H and O–H groups in total. The minimum Gasteiger partial charge on any atom is -1.00 e. The van der Waals surface area contributed by atoms with E-state index in [1.54, 1.807) is 22.7 Å². The second kappa shape index (κ2) is 10.0. The molecule has 3 aromatic rings. The van der Waals surface area contributed by atoms with E-state index in [0.29, 0.717) is 0 Å². The monoisotopic (exact) mass is 405 g/mol. The molecule has 2 heterocycles. The lowest BCUT2D eigenvalue weighted by atomic mass is 10.0. The van der Waals surface area contributed by atoms with E-state index < -0.39 is 6.10 Å². The number of thiophene rings is 2. The van der Waals surface area contributed by atoms with Crippen LogP contribution in [-0.2, 0) is 0 Å². The van der Waals surface area contributed by atoms with Crippen molar-refractivity contribution in [1.82, 2.24) is 0 Å². The second-order valence-corrected chi connectivity index (χ2v) is 8.03. The van der Waals surface area contributed by atoms with Gasteiger partial charge in [0.1, 0.15) is 12.1 Å². The molecule has 1 aromatic carbocycles. The molecule has 3 rings (SSSR count). The van der Waals surface area contributed by atoms with Crippen molar-refractivity contribution in [3.05, 3.63) is 86.8 Å². The number of likely N-dealkylation sites (N-methyl/N-ethyl adjacent to an activating group) is 1. The van der Waals surface area contributed by atoms with E-state index in [2.05, 4.69) is 54.4 Å². The van der Waals surface area contributed by atoms with Crippen LogP contribution < -0.4 is 17.3 Å². The number of halogens is 1. The Bertz CT molecular complexity index is 749. The lowest BCUT2D eigenvalue weighted by Crippen LogP contribution is -3.13. The lowest BCUT2D eigenvalue weighted by Gasteiger charge is -2.25. The standard InChI is InChI=1S/C21H23NOS2.ClH/c1-16(21(23)17-7-4-3-5-8-17)22(2)12-10-19(18-11-14-24-15-18)20-9-6-13-25-20;/h3-11,13-16,21,23H,12H2,1-2H3;1H/b19-10-;. The Morgan fingerprint density at radius 2 is 1.88 bits per heavy atom. The van der Waals surface area contributed by atoms with Crippen molar-refractivity contribution in [2.45, 2.75) is 19.1 Å². The number of benzene rings is 1. The summed E-state index contributed by atoms with van der Waals surface area (Å²) in [6, 6.07) is 16.5. The summed E-state index contributed by atoms with van der Waals surface area (Å²) >= 11 is 3.50. The number of hydrogen-bond acceptors (Lipinski definition) is 3. The van der Waals surface area contributed by atoms with Gasteiger partial charge in [0.05, 0.1) is 13.6 Å². The Morgan fingerprint density at radius 1 is 1.12 bits per heavy atom. The number of nitrogens with one attached hydrogen (secondary N) is 1. The van der Waals surface area contributed by atoms with Gasteiger partial charge in [0, 0.05) is 10.5 Å². The van der Waals surface area contributed by atoms with E-state index in [1.807, 2.05) is 30.3 Å². The van der Waals surface area contributed by atoms with Gasteiger partial charge in [0.15, 0.2) is 0 Å². The van der Waals surface area contributed by atoms with Crippen LogP contribution in [0.5, 0.6) is 0 Å². The van der Waals surface area contributed by atoms with Gasteiger partial charge >= 0.3 is 0 Å². The third-order valence-electron chi connectivity index (χ3n) is 4.64. The van der Waals surface area contributed by atoms with Gasteiger partial charge in [-0.25, -0.2) is 0 Å². The van der Waals surface area contributed by atoms with Gasteiger partial charge in [0.25, 0.3) is 0 Å².